The molecule has 0 saturated carbocycles. The van der Waals surface area contributed by atoms with Crippen molar-refractivity contribution in [3.8, 4) is 11.5 Å². The number of phenolic OH excluding ortho intramolecular Hbond substituents is 2. The number of azo groups is 1. The zero-order chi connectivity index (χ0) is 30.3. The lowest BCUT2D eigenvalue weighted by molar-refractivity contribution is 0.284. The van der Waals surface area contributed by atoms with Gasteiger partial charge in [0, 0.05) is 24.2 Å². The van der Waals surface area contributed by atoms with Gasteiger partial charge in [0.1, 0.15) is 22.0 Å². The first kappa shape index (κ1) is 31.1. The van der Waals surface area contributed by atoms with Gasteiger partial charge in [-0.05, 0) is 35.7 Å². The van der Waals surface area contributed by atoms with E-state index < -0.39 is 90.4 Å². The van der Waals surface area contributed by atoms with Crippen molar-refractivity contribution < 1.29 is 61.7 Å². The van der Waals surface area contributed by atoms with E-state index in [1.807, 2.05) is 0 Å². The molecule has 0 unspecified atom stereocenters. The van der Waals surface area contributed by atoms with Crippen LogP contribution in [0.15, 0.2) is 61.3 Å². The molecule has 0 saturated heterocycles. The summed E-state index contributed by atoms with van der Waals surface area (Å²) in [6.45, 7) is -0.927. The molecule has 40 heavy (non-hydrogen) atoms. The van der Waals surface area contributed by atoms with Crippen LogP contribution in [0.25, 0.3) is 10.8 Å². The molecule has 0 spiro atoms. The van der Waals surface area contributed by atoms with E-state index in [9.17, 15) is 53.0 Å². The molecule has 3 rings (SSSR count). The molecule has 0 fully saturated rings. The van der Waals surface area contributed by atoms with Gasteiger partial charge in [0.25, 0.3) is 20.2 Å². The van der Waals surface area contributed by atoms with Crippen molar-refractivity contribution in [1.82, 2.24) is 0 Å². The van der Waals surface area contributed by atoms with Gasteiger partial charge in [-0.25, -0.2) is 12.6 Å². The van der Waals surface area contributed by atoms with Crippen LogP contribution >= 0.6 is 0 Å². The van der Waals surface area contributed by atoms with Gasteiger partial charge in [-0.2, -0.15) is 25.3 Å². The standard InChI is InChI=1S/C19H19N3O14S4/c1-20-14-8-12(38(27,28)29)6-10-7-16(39(30,31)32)18(19(24)17(10)14)22-21-13-3-2-11(9-15(13)23)37(25,26)5-4-36-40(33,34)35/h2-3,6-9,20,23-24H,4-5H2,1H3,(H,27,28,29)(H,30,31,32)(H,33,34,35). The van der Waals surface area contributed by atoms with Crippen molar-refractivity contribution >= 4 is 68.3 Å². The topological polar surface area (TPSA) is 284 Å². The fraction of sp³-hybridized carbons (Fsp3) is 0.158. The number of sulfone groups is 1. The minimum absolute atomic E-state index is 0.101. The van der Waals surface area contributed by atoms with Crippen molar-refractivity contribution in [3.05, 3.63) is 36.4 Å². The van der Waals surface area contributed by atoms with Gasteiger partial charge in [0.05, 0.1) is 22.2 Å². The molecular weight excluding hydrogens is 622 g/mol. The molecule has 0 radical (unpaired) electrons. The molecule has 0 aliphatic heterocycles. The molecule has 3 aromatic rings. The van der Waals surface area contributed by atoms with E-state index in [1.54, 1.807) is 0 Å². The zero-order valence-corrected chi connectivity index (χ0v) is 23.1. The molecule has 0 amide bonds. The predicted molar refractivity (Wildman–Crippen MR) is 137 cm³/mol. The molecule has 6 N–H and O–H groups in total. The quantitative estimate of drug-likeness (QED) is 0.136. The number of aromatic hydroxyl groups is 2. The van der Waals surface area contributed by atoms with Crippen LogP contribution in [-0.2, 0) is 44.7 Å². The highest BCUT2D eigenvalue weighted by Gasteiger charge is 2.25. The van der Waals surface area contributed by atoms with Crippen molar-refractivity contribution in [2.24, 2.45) is 10.2 Å². The minimum atomic E-state index is -5.14. The average molecular weight is 642 g/mol. The van der Waals surface area contributed by atoms with E-state index in [0.29, 0.717) is 6.07 Å². The second-order valence-electron chi connectivity index (χ2n) is 7.76. The molecule has 0 atom stereocenters. The van der Waals surface area contributed by atoms with Crippen LogP contribution in [0.4, 0.5) is 17.1 Å². The Kier molecular flexibility index (Phi) is 8.44. The highest BCUT2D eigenvalue weighted by molar-refractivity contribution is 7.91. The van der Waals surface area contributed by atoms with Gasteiger partial charge in [-0.15, -0.1) is 10.2 Å². The molecule has 0 aliphatic carbocycles. The Labute approximate surface area is 227 Å². The summed E-state index contributed by atoms with van der Waals surface area (Å²) in [6, 6.07) is 5.06. The highest BCUT2D eigenvalue weighted by atomic mass is 32.3. The lowest BCUT2D eigenvalue weighted by Gasteiger charge is -2.13. The Morgan fingerprint density at radius 1 is 0.825 bits per heavy atom. The molecule has 218 valence electrons. The Hall–Kier alpha value is -3.44. The lowest BCUT2D eigenvalue weighted by atomic mass is 10.1. The maximum absolute atomic E-state index is 12.3. The number of nitrogens with one attached hydrogen (secondary N) is 1. The predicted octanol–water partition coefficient (Wildman–Crippen LogP) is 1.79. The summed E-state index contributed by atoms with van der Waals surface area (Å²) in [6.07, 6.45) is 0. The van der Waals surface area contributed by atoms with Crippen LogP contribution in [0.1, 0.15) is 0 Å². The van der Waals surface area contributed by atoms with Gasteiger partial charge in [0.2, 0.25) is 0 Å². The first-order valence-electron chi connectivity index (χ1n) is 10.3. The number of hydrogen-bond acceptors (Lipinski definition) is 14. The van der Waals surface area contributed by atoms with Crippen molar-refractivity contribution in [2.45, 2.75) is 14.7 Å². The van der Waals surface area contributed by atoms with E-state index in [-0.39, 0.29) is 16.5 Å². The molecule has 0 bridgehead atoms. The molecular formula is C19H19N3O14S4. The Balaban J connectivity index is 2.12. The first-order valence-corrected chi connectivity index (χ1v) is 16.2. The van der Waals surface area contributed by atoms with Gasteiger partial charge in [0.15, 0.2) is 15.6 Å². The van der Waals surface area contributed by atoms with E-state index in [0.717, 1.165) is 30.3 Å². The third-order valence-electron chi connectivity index (χ3n) is 5.12. The molecule has 0 heterocycles. The van der Waals surface area contributed by atoms with Crippen molar-refractivity contribution in [1.29, 1.82) is 0 Å². The maximum Gasteiger partial charge on any atom is 0.397 e. The smallest absolute Gasteiger partial charge is 0.397 e. The van der Waals surface area contributed by atoms with Gasteiger partial charge < -0.3 is 15.5 Å². The van der Waals surface area contributed by atoms with Crippen LogP contribution in [0.2, 0.25) is 0 Å². The number of anilines is 1. The van der Waals surface area contributed by atoms with Crippen LogP contribution in [0.5, 0.6) is 11.5 Å². The fourth-order valence-corrected chi connectivity index (χ4v) is 6.06. The zero-order valence-electron chi connectivity index (χ0n) is 19.8. The number of hydrogen-bond donors (Lipinski definition) is 6. The second kappa shape index (κ2) is 10.9. The summed E-state index contributed by atoms with van der Waals surface area (Å²) < 4.78 is 125. The Bertz CT molecular complexity index is 1970. The normalized spacial score (nSPS) is 13.2. The van der Waals surface area contributed by atoms with Crippen LogP contribution < -0.4 is 5.32 Å². The van der Waals surface area contributed by atoms with Crippen LogP contribution in [0, 0.1) is 0 Å². The molecule has 3 aromatic carbocycles. The summed E-state index contributed by atoms with van der Waals surface area (Å²) in [5.41, 5.74) is -1.38. The number of benzene rings is 3. The maximum atomic E-state index is 12.3. The second-order valence-corrected chi connectivity index (χ2v) is 13.8. The number of phenols is 2. The largest absolute Gasteiger partial charge is 0.506 e. The van der Waals surface area contributed by atoms with Gasteiger partial charge in [-0.3, -0.25) is 13.7 Å². The highest BCUT2D eigenvalue weighted by Crippen LogP contribution is 2.45. The number of rotatable bonds is 10. The first-order chi connectivity index (χ1) is 18.2. The molecule has 17 nitrogen and oxygen atoms in total. The lowest BCUT2D eigenvalue weighted by Crippen LogP contribution is -2.15. The average Bonchev–Trinajstić information content (AvgIpc) is 2.81. The van der Waals surface area contributed by atoms with E-state index in [2.05, 4.69) is 19.7 Å². The van der Waals surface area contributed by atoms with E-state index >= 15 is 0 Å². The SMILES string of the molecule is CNc1cc(S(=O)(=O)O)cc2cc(S(=O)(=O)O)c(N=Nc3ccc(S(=O)(=O)CCOS(=O)(=O)O)cc3O)c(O)c12. The fourth-order valence-electron chi connectivity index (χ4n) is 3.35. The van der Waals surface area contributed by atoms with Crippen LogP contribution in [-0.4, -0.2) is 76.9 Å². The number of fused-ring (bicyclic) bond motifs is 1. The van der Waals surface area contributed by atoms with Crippen molar-refractivity contribution in [2.75, 3.05) is 24.7 Å². The molecule has 21 heteroatoms. The third kappa shape index (κ3) is 7.00. The minimum Gasteiger partial charge on any atom is -0.506 e. The summed E-state index contributed by atoms with van der Waals surface area (Å²) >= 11 is 0. The summed E-state index contributed by atoms with van der Waals surface area (Å²) in [5, 5.41) is 30.4. The van der Waals surface area contributed by atoms with Crippen molar-refractivity contribution in [3.63, 3.8) is 0 Å². The Morgan fingerprint density at radius 3 is 2.00 bits per heavy atom. The summed E-state index contributed by atoms with van der Waals surface area (Å²) in [4.78, 5) is -2.21. The van der Waals surface area contributed by atoms with E-state index in [1.165, 1.54) is 7.05 Å². The van der Waals surface area contributed by atoms with E-state index in [4.69, 9.17) is 4.55 Å². The summed E-state index contributed by atoms with van der Waals surface area (Å²) in [7, 11) is -17.7. The third-order valence-corrected chi connectivity index (χ3v) is 8.96. The Morgan fingerprint density at radius 2 is 1.48 bits per heavy atom. The summed E-state index contributed by atoms with van der Waals surface area (Å²) in [5.74, 6) is -2.61. The van der Waals surface area contributed by atoms with Gasteiger partial charge in [-0.1, -0.05) is 0 Å². The number of nitrogens with zero attached hydrogens (tertiary/aromatic N) is 2. The van der Waals surface area contributed by atoms with Crippen LogP contribution in [0.3, 0.4) is 0 Å². The molecule has 0 aliphatic rings. The monoisotopic (exact) mass is 641 g/mol. The molecule has 0 aromatic heterocycles. The van der Waals surface area contributed by atoms with Gasteiger partial charge >= 0.3 is 10.4 Å².